The van der Waals surface area contributed by atoms with Crippen LogP contribution in [0.1, 0.15) is 0 Å². The van der Waals surface area contributed by atoms with Gasteiger partial charge in [-0.3, -0.25) is 14.6 Å². The van der Waals surface area contributed by atoms with E-state index < -0.39 is 23.8 Å². The normalized spacial score (nSPS) is 28.2. The Kier molecular flexibility index (Phi) is 4.21. The number of amides is 4. The highest BCUT2D eigenvalue weighted by Crippen LogP contribution is 2.53. The van der Waals surface area contributed by atoms with Crippen molar-refractivity contribution in [1.82, 2.24) is 14.9 Å². The summed E-state index contributed by atoms with van der Waals surface area (Å²) in [5.41, 5.74) is 0.401. The molecule has 1 aromatic rings. The van der Waals surface area contributed by atoms with Gasteiger partial charge in [-0.15, -0.1) is 5.06 Å². The molecule has 2 unspecified atom stereocenters. The number of anilines is 1. The first-order valence-corrected chi connectivity index (χ1v) is 7.82. The lowest BCUT2D eigenvalue weighted by Gasteiger charge is -2.44. The molecule has 2 aliphatic rings. The third-order valence-corrected chi connectivity index (χ3v) is 4.93. The Bertz CT molecular complexity index is 745. The van der Waals surface area contributed by atoms with E-state index in [-0.39, 0.29) is 0 Å². The van der Waals surface area contributed by atoms with E-state index in [9.17, 15) is 9.59 Å². The second kappa shape index (κ2) is 6.01. The van der Waals surface area contributed by atoms with Gasteiger partial charge >= 0.3 is 23.8 Å². The molecule has 142 valence electrons. The van der Waals surface area contributed by atoms with Crippen LogP contribution in [0.3, 0.4) is 0 Å². The molecule has 3 rings (SSSR count). The maximum absolute atomic E-state index is 13.3. The van der Waals surface area contributed by atoms with E-state index in [1.165, 1.54) is 57.2 Å². The second-order valence-electron chi connectivity index (χ2n) is 5.79. The van der Waals surface area contributed by atoms with E-state index in [1.54, 1.807) is 24.3 Å². The molecule has 0 bridgehead atoms. The average Bonchev–Trinajstić information content (AvgIpc) is 2.99. The molecule has 2 fully saturated rings. The third kappa shape index (κ3) is 1.76. The zero-order valence-electron chi connectivity index (χ0n) is 15.5. The number of likely N-dealkylation sites (N-methyl/N-ethyl adjacent to an activating group) is 2. The van der Waals surface area contributed by atoms with E-state index in [2.05, 4.69) is 0 Å². The molecule has 0 N–H and O–H groups in total. The minimum Gasteiger partial charge on any atom is -0.495 e. The summed E-state index contributed by atoms with van der Waals surface area (Å²) in [4.78, 5) is 35.2. The van der Waals surface area contributed by atoms with Crippen molar-refractivity contribution in [2.75, 3.05) is 47.4 Å². The summed E-state index contributed by atoms with van der Waals surface area (Å²) in [5, 5.41) is 0.977. The van der Waals surface area contributed by atoms with Crippen molar-refractivity contribution >= 4 is 17.7 Å². The van der Waals surface area contributed by atoms with Crippen molar-refractivity contribution in [2.24, 2.45) is 0 Å². The van der Waals surface area contributed by atoms with Crippen molar-refractivity contribution in [1.29, 1.82) is 0 Å². The van der Waals surface area contributed by atoms with Gasteiger partial charge in [0.25, 0.3) is 0 Å². The Morgan fingerprint density at radius 3 is 1.96 bits per heavy atom. The van der Waals surface area contributed by atoms with Gasteiger partial charge in [-0.1, -0.05) is 12.1 Å². The predicted molar refractivity (Wildman–Crippen MR) is 90.1 cm³/mol. The number of ether oxygens (including phenoxy) is 3. The fourth-order valence-electron chi connectivity index (χ4n) is 3.83. The Labute approximate surface area is 151 Å². The van der Waals surface area contributed by atoms with Gasteiger partial charge in [-0.25, -0.2) is 14.5 Å². The van der Waals surface area contributed by atoms with Gasteiger partial charge in [0, 0.05) is 28.3 Å². The maximum atomic E-state index is 13.3. The summed E-state index contributed by atoms with van der Waals surface area (Å²) in [5.74, 6) is -2.91. The lowest BCUT2D eigenvalue weighted by Crippen LogP contribution is -2.69. The number of para-hydroxylation sites is 2. The quantitative estimate of drug-likeness (QED) is 0.776. The van der Waals surface area contributed by atoms with Crippen LogP contribution in [0, 0.1) is 0 Å². The number of rotatable bonds is 5. The third-order valence-electron chi connectivity index (χ3n) is 4.93. The van der Waals surface area contributed by atoms with Gasteiger partial charge in [0.05, 0.1) is 19.9 Å². The van der Waals surface area contributed by atoms with Crippen LogP contribution in [0.15, 0.2) is 24.3 Å². The van der Waals surface area contributed by atoms with Crippen molar-refractivity contribution in [2.45, 2.75) is 11.7 Å². The fraction of sp³-hybridized carbons (Fsp3) is 0.500. The predicted octanol–water partition coefficient (Wildman–Crippen LogP) is 1.10. The molecule has 10 heteroatoms. The van der Waals surface area contributed by atoms with E-state index in [0.29, 0.717) is 11.4 Å². The molecule has 0 radical (unpaired) electrons. The highest BCUT2D eigenvalue weighted by molar-refractivity contribution is 6.00. The Hall–Kier alpha value is -2.56. The average molecular weight is 366 g/mol. The van der Waals surface area contributed by atoms with Crippen LogP contribution in [-0.2, 0) is 14.3 Å². The lowest BCUT2D eigenvalue weighted by molar-refractivity contribution is -0.344. The molecule has 2 atom stereocenters. The van der Waals surface area contributed by atoms with E-state index >= 15 is 0 Å². The molecule has 2 saturated heterocycles. The molecule has 2 heterocycles. The van der Waals surface area contributed by atoms with Gasteiger partial charge in [0.2, 0.25) is 0 Å². The molecule has 0 aromatic heterocycles. The zero-order chi connectivity index (χ0) is 19.3. The van der Waals surface area contributed by atoms with Crippen molar-refractivity contribution < 1.29 is 28.6 Å². The number of nitrogens with zero attached hydrogens (tertiary/aromatic N) is 4. The van der Waals surface area contributed by atoms with E-state index in [4.69, 9.17) is 19.0 Å². The highest BCUT2D eigenvalue weighted by Gasteiger charge is 2.81. The first kappa shape index (κ1) is 18.2. The number of hydrogen-bond donors (Lipinski definition) is 0. The summed E-state index contributed by atoms with van der Waals surface area (Å²) in [6.45, 7) is 0. The highest BCUT2D eigenvalue weighted by atomic mass is 16.8. The number of carbonyl (C=O) groups is 2. The first-order valence-electron chi connectivity index (χ1n) is 7.82. The van der Waals surface area contributed by atoms with E-state index in [0.717, 1.165) is 5.06 Å². The standard InChI is InChI=1S/C16H22N4O6/c1-17-13(21)18(2)16(25-5)15(17,24-4)19(14(22)20(16)26-6)11-9-7-8-10-12(11)23-3/h7-10H,1-6H3. The zero-order valence-corrected chi connectivity index (χ0v) is 15.5. The second-order valence-corrected chi connectivity index (χ2v) is 5.79. The summed E-state index contributed by atoms with van der Waals surface area (Å²) in [7, 11) is 8.62. The molecule has 0 aliphatic carbocycles. The van der Waals surface area contributed by atoms with Crippen LogP contribution < -0.4 is 9.64 Å². The molecule has 10 nitrogen and oxygen atoms in total. The number of hydroxylamine groups is 2. The summed E-state index contributed by atoms with van der Waals surface area (Å²) in [6, 6.07) is 5.92. The molecular weight excluding hydrogens is 344 g/mol. The monoisotopic (exact) mass is 366 g/mol. The van der Waals surface area contributed by atoms with E-state index in [1.807, 2.05) is 0 Å². The van der Waals surface area contributed by atoms with Gasteiger partial charge in [-0.05, 0) is 12.1 Å². The first-order chi connectivity index (χ1) is 12.4. The van der Waals surface area contributed by atoms with Gasteiger partial charge in [-0.2, -0.15) is 0 Å². The van der Waals surface area contributed by atoms with Gasteiger partial charge in [0.15, 0.2) is 0 Å². The van der Waals surface area contributed by atoms with Crippen LogP contribution in [0.5, 0.6) is 5.75 Å². The fourth-order valence-corrected chi connectivity index (χ4v) is 3.83. The topological polar surface area (TPSA) is 84.0 Å². The van der Waals surface area contributed by atoms with Crippen LogP contribution in [-0.4, -0.2) is 81.2 Å². The smallest absolute Gasteiger partial charge is 0.357 e. The number of urea groups is 2. The largest absolute Gasteiger partial charge is 0.495 e. The maximum Gasteiger partial charge on any atom is 0.357 e. The van der Waals surface area contributed by atoms with Crippen molar-refractivity contribution in [3.63, 3.8) is 0 Å². The Balaban J connectivity index is 2.35. The molecule has 26 heavy (non-hydrogen) atoms. The summed E-state index contributed by atoms with van der Waals surface area (Å²) >= 11 is 0. The molecule has 0 spiro atoms. The minimum atomic E-state index is -1.68. The van der Waals surface area contributed by atoms with Crippen LogP contribution in [0.25, 0.3) is 0 Å². The Morgan fingerprint density at radius 1 is 0.846 bits per heavy atom. The molecule has 2 aliphatic heterocycles. The van der Waals surface area contributed by atoms with Crippen LogP contribution in [0.2, 0.25) is 0 Å². The van der Waals surface area contributed by atoms with Crippen molar-refractivity contribution in [3.05, 3.63) is 24.3 Å². The SMILES string of the molecule is COc1ccccc1N1C(=O)N(OC)C2(OC)N(C)C(=O)N(C)C12OC. The van der Waals surface area contributed by atoms with Crippen LogP contribution >= 0.6 is 0 Å². The lowest BCUT2D eigenvalue weighted by atomic mass is 10.2. The molecule has 4 amide bonds. The number of methoxy groups -OCH3 is 3. The number of fused-ring (bicyclic) bond motifs is 1. The number of benzene rings is 1. The Morgan fingerprint density at radius 2 is 1.42 bits per heavy atom. The van der Waals surface area contributed by atoms with Gasteiger partial charge in [0.1, 0.15) is 5.75 Å². The summed E-state index contributed by atoms with van der Waals surface area (Å²) in [6.07, 6.45) is 0. The minimum absolute atomic E-state index is 0.401. The molecule has 1 aromatic carbocycles. The molecule has 0 saturated carbocycles. The number of carbonyl (C=O) groups excluding carboxylic acids is 2. The number of hydrogen-bond acceptors (Lipinski definition) is 6. The molecular formula is C16H22N4O6. The van der Waals surface area contributed by atoms with Gasteiger partial charge < -0.3 is 14.2 Å². The van der Waals surface area contributed by atoms with Crippen LogP contribution in [0.4, 0.5) is 15.3 Å². The summed E-state index contributed by atoms with van der Waals surface area (Å²) < 4.78 is 16.9. The van der Waals surface area contributed by atoms with Crippen molar-refractivity contribution in [3.8, 4) is 5.75 Å².